The van der Waals surface area contributed by atoms with E-state index in [2.05, 4.69) is 10.1 Å². The zero-order valence-corrected chi connectivity index (χ0v) is 9.62. The van der Waals surface area contributed by atoms with E-state index in [0.717, 1.165) is 12.8 Å². The van der Waals surface area contributed by atoms with Crippen LogP contribution in [-0.4, -0.2) is 50.4 Å². The summed E-state index contributed by atoms with van der Waals surface area (Å²) >= 11 is 0. The van der Waals surface area contributed by atoms with Crippen molar-refractivity contribution in [3.8, 4) is 0 Å². The molecule has 1 aromatic heterocycles. The van der Waals surface area contributed by atoms with Gasteiger partial charge in [-0.3, -0.25) is 4.79 Å². The van der Waals surface area contributed by atoms with E-state index in [1.807, 2.05) is 0 Å². The van der Waals surface area contributed by atoms with Crippen LogP contribution >= 0.6 is 0 Å². The molecule has 0 radical (unpaired) electrons. The lowest BCUT2D eigenvalue weighted by atomic mass is 9.98. The third-order valence-electron chi connectivity index (χ3n) is 3.08. The van der Waals surface area contributed by atoms with Gasteiger partial charge in [0.25, 0.3) is 0 Å². The first kappa shape index (κ1) is 11.8. The molecule has 0 aliphatic carbocycles. The molecule has 0 aromatic carbocycles. The molecule has 7 heteroatoms. The fourth-order valence-electron chi connectivity index (χ4n) is 1.99. The molecule has 1 amide bonds. The molecule has 2 rings (SSSR count). The summed E-state index contributed by atoms with van der Waals surface area (Å²) in [4.78, 5) is 17.5. The van der Waals surface area contributed by atoms with Crippen LogP contribution in [0, 0.1) is 5.92 Å². The van der Waals surface area contributed by atoms with Gasteiger partial charge in [-0.1, -0.05) is 0 Å². The predicted octanol–water partition coefficient (Wildman–Crippen LogP) is -0.909. The maximum atomic E-state index is 11.9. The molecular weight excluding hydrogens is 222 g/mol. The molecule has 2 heterocycles. The number of hydrogen-bond acceptors (Lipinski definition) is 5. The van der Waals surface area contributed by atoms with Crippen molar-refractivity contribution in [2.24, 2.45) is 5.92 Å². The van der Waals surface area contributed by atoms with Gasteiger partial charge in [0.2, 0.25) is 11.9 Å². The number of likely N-dealkylation sites (tertiary alicyclic amines) is 1. The average molecular weight is 239 g/mol. The van der Waals surface area contributed by atoms with Crippen LogP contribution in [0.15, 0.2) is 6.33 Å². The van der Waals surface area contributed by atoms with E-state index in [9.17, 15) is 4.79 Å². The molecule has 17 heavy (non-hydrogen) atoms. The van der Waals surface area contributed by atoms with E-state index in [4.69, 9.17) is 10.8 Å². The summed E-state index contributed by atoms with van der Waals surface area (Å²) < 4.78 is 1.44. The first-order valence-electron chi connectivity index (χ1n) is 5.72. The molecular formula is C10H17N5O2. The van der Waals surface area contributed by atoms with E-state index < -0.39 is 0 Å². The lowest BCUT2D eigenvalue weighted by molar-refractivity contribution is -0.133. The van der Waals surface area contributed by atoms with Crippen molar-refractivity contribution in [2.75, 3.05) is 25.4 Å². The predicted molar refractivity (Wildman–Crippen MR) is 60.8 cm³/mol. The summed E-state index contributed by atoms with van der Waals surface area (Å²) in [7, 11) is 0. The summed E-state index contributed by atoms with van der Waals surface area (Å²) in [6, 6.07) is 0. The highest BCUT2D eigenvalue weighted by atomic mass is 16.3. The van der Waals surface area contributed by atoms with Gasteiger partial charge in [-0.05, 0) is 18.8 Å². The van der Waals surface area contributed by atoms with E-state index in [0.29, 0.717) is 19.0 Å². The Bertz CT molecular complexity index is 384. The van der Waals surface area contributed by atoms with Gasteiger partial charge in [-0.15, -0.1) is 5.10 Å². The highest BCUT2D eigenvalue weighted by molar-refractivity contribution is 5.75. The SMILES string of the molecule is Nc1ncn(CC(=O)N2CCC(CO)CC2)n1. The Labute approximate surface area is 99.2 Å². The number of amides is 1. The van der Waals surface area contributed by atoms with Crippen LogP contribution in [0.4, 0.5) is 5.95 Å². The molecule has 1 saturated heterocycles. The van der Waals surface area contributed by atoms with Crippen LogP contribution in [0.5, 0.6) is 0 Å². The minimum absolute atomic E-state index is 0.0197. The second-order valence-corrected chi connectivity index (χ2v) is 4.31. The van der Waals surface area contributed by atoms with E-state index in [1.54, 1.807) is 4.90 Å². The summed E-state index contributed by atoms with van der Waals surface area (Å²) in [6.45, 7) is 1.79. The fourth-order valence-corrected chi connectivity index (χ4v) is 1.99. The molecule has 0 atom stereocenters. The maximum absolute atomic E-state index is 11.9. The van der Waals surface area contributed by atoms with Gasteiger partial charge >= 0.3 is 0 Å². The van der Waals surface area contributed by atoms with Gasteiger partial charge < -0.3 is 15.7 Å². The molecule has 1 fully saturated rings. The number of nitrogens with zero attached hydrogens (tertiary/aromatic N) is 4. The molecule has 1 aromatic rings. The second kappa shape index (κ2) is 5.13. The van der Waals surface area contributed by atoms with E-state index in [-0.39, 0.29) is 25.0 Å². The number of piperidine rings is 1. The Balaban J connectivity index is 1.85. The largest absolute Gasteiger partial charge is 0.396 e. The monoisotopic (exact) mass is 239 g/mol. The number of carbonyl (C=O) groups is 1. The Morgan fingerprint density at radius 2 is 2.24 bits per heavy atom. The molecule has 1 aliphatic heterocycles. The Kier molecular flexibility index (Phi) is 3.58. The van der Waals surface area contributed by atoms with Crippen molar-refractivity contribution in [3.63, 3.8) is 0 Å². The number of anilines is 1. The van der Waals surface area contributed by atoms with Crippen LogP contribution in [0.25, 0.3) is 0 Å². The van der Waals surface area contributed by atoms with Crippen LogP contribution in [-0.2, 0) is 11.3 Å². The molecule has 0 spiro atoms. The zero-order chi connectivity index (χ0) is 12.3. The first-order chi connectivity index (χ1) is 8.19. The number of aromatic nitrogens is 3. The number of nitrogen functional groups attached to an aromatic ring is 1. The number of aliphatic hydroxyl groups is 1. The van der Waals surface area contributed by atoms with Crippen molar-refractivity contribution in [3.05, 3.63) is 6.33 Å². The van der Waals surface area contributed by atoms with E-state index >= 15 is 0 Å². The number of carbonyl (C=O) groups excluding carboxylic acids is 1. The van der Waals surface area contributed by atoms with Crippen molar-refractivity contribution in [1.82, 2.24) is 19.7 Å². The summed E-state index contributed by atoms with van der Waals surface area (Å²) in [5, 5.41) is 12.9. The van der Waals surface area contributed by atoms with Gasteiger partial charge in [0, 0.05) is 19.7 Å². The normalized spacial score (nSPS) is 17.4. The number of nitrogens with two attached hydrogens (primary N) is 1. The molecule has 1 aliphatic rings. The molecule has 3 N–H and O–H groups in total. The second-order valence-electron chi connectivity index (χ2n) is 4.31. The lowest BCUT2D eigenvalue weighted by Gasteiger charge is -2.31. The van der Waals surface area contributed by atoms with Crippen LogP contribution in [0.3, 0.4) is 0 Å². The summed E-state index contributed by atoms with van der Waals surface area (Å²) in [6.07, 6.45) is 3.18. The van der Waals surface area contributed by atoms with Gasteiger partial charge in [0.15, 0.2) is 0 Å². The smallest absolute Gasteiger partial charge is 0.244 e. The van der Waals surface area contributed by atoms with Crippen molar-refractivity contribution in [2.45, 2.75) is 19.4 Å². The highest BCUT2D eigenvalue weighted by Gasteiger charge is 2.22. The maximum Gasteiger partial charge on any atom is 0.244 e. The molecule has 94 valence electrons. The van der Waals surface area contributed by atoms with Gasteiger partial charge in [-0.2, -0.15) is 0 Å². The summed E-state index contributed by atoms with van der Waals surface area (Å²) in [5.74, 6) is 0.532. The zero-order valence-electron chi connectivity index (χ0n) is 9.62. The molecule has 0 unspecified atom stereocenters. The van der Waals surface area contributed by atoms with Gasteiger partial charge in [-0.25, -0.2) is 9.67 Å². The minimum atomic E-state index is 0.0197. The number of hydrogen-bond donors (Lipinski definition) is 2. The fraction of sp³-hybridized carbons (Fsp3) is 0.700. The molecule has 0 bridgehead atoms. The average Bonchev–Trinajstić information content (AvgIpc) is 2.75. The Morgan fingerprint density at radius 3 is 2.76 bits per heavy atom. The lowest BCUT2D eigenvalue weighted by Crippen LogP contribution is -2.40. The van der Waals surface area contributed by atoms with Crippen LogP contribution < -0.4 is 5.73 Å². The summed E-state index contributed by atoms with van der Waals surface area (Å²) in [5.41, 5.74) is 5.37. The standard InChI is InChI=1S/C10H17N5O2/c11-10-12-7-15(13-10)5-9(17)14-3-1-8(6-16)2-4-14/h7-8,16H,1-6H2,(H2,11,13). The Hall–Kier alpha value is -1.63. The van der Waals surface area contributed by atoms with Crippen molar-refractivity contribution >= 4 is 11.9 Å². The molecule has 7 nitrogen and oxygen atoms in total. The first-order valence-corrected chi connectivity index (χ1v) is 5.72. The van der Waals surface area contributed by atoms with E-state index in [1.165, 1.54) is 11.0 Å². The Morgan fingerprint density at radius 1 is 1.53 bits per heavy atom. The molecule has 0 saturated carbocycles. The van der Waals surface area contributed by atoms with Crippen molar-refractivity contribution in [1.29, 1.82) is 0 Å². The quantitative estimate of drug-likeness (QED) is 0.711. The number of rotatable bonds is 3. The van der Waals surface area contributed by atoms with Crippen LogP contribution in [0.2, 0.25) is 0 Å². The third-order valence-corrected chi connectivity index (χ3v) is 3.08. The van der Waals surface area contributed by atoms with Gasteiger partial charge in [0.05, 0.1) is 0 Å². The third kappa shape index (κ3) is 2.94. The van der Waals surface area contributed by atoms with Crippen molar-refractivity contribution < 1.29 is 9.90 Å². The minimum Gasteiger partial charge on any atom is -0.396 e. The topological polar surface area (TPSA) is 97.3 Å². The highest BCUT2D eigenvalue weighted by Crippen LogP contribution is 2.16. The van der Waals surface area contributed by atoms with Crippen LogP contribution in [0.1, 0.15) is 12.8 Å². The van der Waals surface area contributed by atoms with Gasteiger partial charge in [0.1, 0.15) is 12.9 Å². The number of aliphatic hydroxyl groups excluding tert-OH is 1.